The molecule has 0 heterocycles. The summed E-state index contributed by atoms with van der Waals surface area (Å²) in [6.45, 7) is 4.48. The summed E-state index contributed by atoms with van der Waals surface area (Å²) in [5.41, 5.74) is 7.37. The molecule has 0 aliphatic heterocycles. The van der Waals surface area contributed by atoms with Crippen molar-refractivity contribution in [3.05, 3.63) is 33.4 Å². The van der Waals surface area contributed by atoms with Crippen LogP contribution in [0, 0.1) is 9.49 Å². The van der Waals surface area contributed by atoms with Gasteiger partial charge in [0.25, 0.3) is 0 Å². The lowest BCUT2D eigenvalue weighted by Crippen LogP contribution is -2.11. The van der Waals surface area contributed by atoms with Gasteiger partial charge in [0.1, 0.15) is 0 Å². The third-order valence-corrected chi connectivity index (χ3v) is 3.00. The maximum Gasteiger partial charge on any atom is 0.0295 e. The monoisotopic (exact) mass is 339 g/mol. The van der Waals surface area contributed by atoms with Crippen molar-refractivity contribution in [1.29, 1.82) is 0 Å². The molecule has 0 saturated carbocycles. The van der Waals surface area contributed by atoms with E-state index in [1.165, 1.54) is 15.6 Å². The molecule has 0 bridgehead atoms. The van der Waals surface area contributed by atoms with E-state index in [4.69, 9.17) is 5.73 Å². The van der Waals surface area contributed by atoms with Gasteiger partial charge in [0, 0.05) is 9.61 Å². The summed E-state index contributed by atoms with van der Waals surface area (Å²) in [5.74, 6) is 0.740. The minimum absolute atomic E-state index is 0. The van der Waals surface area contributed by atoms with Crippen molar-refractivity contribution in [3.63, 3.8) is 0 Å². The van der Waals surface area contributed by atoms with Crippen LogP contribution in [0.3, 0.4) is 0 Å². The van der Waals surface area contributed by atoms with Crippen molar-refractivity contribution < 1.29 is 0 Å². The van der Waals surface area contributed by atoms with E-state index in [0.717, 1.165) is 12.3 Å². The largest absolute Gasteiger partial charge is 0.324 e. The van der Waals surface area contributed by atoms with Crippen LogP contribution < -0.4 is 5.73 Å². The second-order valence-electron chi connectivity index (χ2n) is 4.13. The Kier molecular flexibility index (Phi) is 7.57. The first-order chi connectivity index (χ1) is 6.59. The minimum Gasteiger partial charge on any atom is -0.324 e. The fourth-order valence-electron chi connectivity index (χ4n) is 1.42. The number of rotatable bonds is 4. The Morgan fingerprint density at radius 2 is 1.93 bits per heavy atom. The molecule has 0 aliphatic rings. The van der Waals surface area contributed by atoms with Gasteiger partial charge < -0.3 is 5.73 Å². The standard InChI is InChI=1S/C12H18IN.ClH/c1-9(2)6-7-12(14)10-4-3-5-11(13)8-10;/h3-5,8-9,12H,6-7,14H2,1-2H3;1H/t12-;/m0./s1. The Morgan fingerprint density at radius 1 is 1.27 bits per heavy atom. The van der Waals surface area contributed by atoms with E-state index in [1.807, 2.05) is 0 Å². The van der Waals surface area contributed by atoms with Crippen molar-refractivity contribution >= 4 is 35.0 Å². The van der Waals surface area contributed by atoms with Crippen LogP contribution >= 0.6 is 35.0 Å². The summed E-state index contributed by atoms with van der Waals surface area (Å²) < 4.78 is 1.26. The highest BCUT2D eigenvalue weighted by atomic mass is 127. The number of nitrogens with two attached hydrogens (primary N) is 1. The molecular weight excluding hydrogens is 320 g/mol. The zero-order valence-corrected chi connectivity index (χ0v) is 12.2. The first-order valence-corrected chi connectivity index (χ1v) is 6.18. The molecule has 0 fully saturated rings. The van der Waals surface area contributed by atoms with Gasteiger partial charge in [0.05, 0.1) is 0 Å². The van der Waals surface area contributed by atoms with Gasteiger partial charge >= 0.3 is 0 Å². The molecule has 1 aromatic rings. The van der Waals surface area contributed by atoms with Crippen LogP contribution in [0.5, 0.6) is 0 Å². The predicted octanol–water partition coefficient (Wildman–Crippen LogP) is 4.15. The highest BCUT2D eigenvalue weighted by Crippen LogP contribution is 2.20. The van der Waals surface area contributed by atoms with Gasteiger partial charge in [0.15, 0.2) is 0 Å². The van der Waals surface area contributed by atoms with E-state index in [-0.39, 0.29) is 18.4 Å². The number of hydrogen-bond donors (Lipinski definition) is 1. The molecule has 0 aromatic heterocycles. The molecule has 1 atom stereocenters. The SMILES string of the molecule is CC(C)CC[C@H](N)c1cccc(I)c1.Cl. The number of hydrogen-bond acceptors (Lipinski definition) is 1. The molecule has 2 N–H and O–H groups in total. The maximum atomic E-state index is 6.11. The normalized spacial score (nSPS) is 12.3. The smallest absolute Gasteiger partial charge is 0.0295 e. The quantitative estimate of drug-likeness (QED) is 0.819. The number of halogens is 2. The average molecular weight is 340 g/mol. The number of benzene rings is 1. The lowest BCUT2D eigenvalue weighted by Gasteiger charge is -2.13. The van der Waals surface area contributed by atoms with E-state index >= 15 is 0 Å². The van der Waals surface area contributed by atoms with Crippen LogP contribution in [0.4, 0.5) is 0 Å². The lowest BCUT2D eigenvalue weighted by atomic mass is 9.98. The third kappa shape index (κ3) is 5.73. The van der Waals surface area contributed by atoms with Crippen molar-refractivity contribution in [2.45, 2.75) is 32.7 Å². The first-order valence-electron chi connectivity index (χ1n) is 5.10. The van der Waals surface area contributed by atoms with Crippen molar-refractivity contribution in [1.82, 2.24) is 0 Å². The Hall–Kier alpha value is 0.200. The Bertz CT molecular complexity index is 289. The highest BCUT2D eigenvalue weighted by Gasteiger charge is 2.06. The van der Waals surface area contributed by atoms with Gasteiger partial charge in [-0.1, -0.05) is 26.0 Å². The zero-order chi connectivity index (χ0) is 10.6. The van der Waals surface area contributed by atoms with Gasteiger partial charge in [-0.25, -0.2) is 0 Å². The molecule has 0 saturated heterocycles. The minimum atomic E-state index is 0. The van der Waals surface area contributed by atoms with Gasteiger partial charge in [-0.3, -0.25) is 0 Å². The summed E-state index contributed by atoms with van der Waals surface area (Å²) in [6, 6.07) is 8.66. The highest BCUT2D eigenvalue weighted by molar-refractivity contribution is 14.1. The van der Waals surface area contributed by atoms with Crippen LogP contribution in [0.25, 0.3) is 0 Å². The second kappa shape index (κ2) is 7.47. The molecular formula is C12H19ClIN. The molecule has 1 aromatic carbocycles. The molecule has 0 amide bonds. The zero-order valence-electron chi connectivity index (χ0n) is 9.24. The second-order valence-corrected chi connectivity index (χ2v) is 5.38. The van der Waals surface area contributed by atoms with Gasteiger partial charge in [-0.2, -0.15) is 0 Å². The van der Waals surface area contributed by atoms with Crippen LogP contribution in [0.1, 0.15) is 38.3 Å². The topological polar surface area (TPSA) is 26.0 Å². The van der Waals surface area contributed by atoms with Crippen molar-refractivity contribution in [3.8, 4) is 0 Å². The molecule has 1 nitrogen and oxygen atoms in total. The van der Waals surface area contributed by atoms with E-state index in [2.05, 4.69) is 60.7 Å². The molecule has 0 unspecified atom stereocenters. The average Bonchev–Trinajstić information content (AvgIpc) is 2.14. The van der Waals surface area contributed by atoms with Gasteiger partial charge in [-0.15, -0.1) is 12.4 Å². The van der Waals surface area contributed by atoms with E-state index in [0.29, 0.717) is 0 Å². The predicted molar refractivity (Wildman–Crippen MR) is 77.4 cm³/mol. The van der Waals surface area contributed by atoms with Crippen molar-refractivity contribution in [2.75, 3.05) is 0 Å². The van der Waals surface area contributed by atoms with E-state index in [9.17, 15) is 0 Å². The summed E-state index contributed by atoms with van der Waals surface area (Å²) >= 11 is 2.33. The molecule has 3 heteroatoms. The Morgan fingerprint density at radius 3 is 2.47 bits per heavy atom. The van der Waals surface area contributed by atoms with Crippen LogP contribution in [0.15, 0.2) is 24.3 Å². The molecule has 15 heavy (non-hydrogen) atoms. The molecule has 86 valence electrons. The first kappa shape index (κ1) is 15.2. The van der Waals surface area contributed by atoms with Crippen molar-refractivity contribution in [2.24, 2.45) is 11.7 Å². The van der Waals surface area contributed by atoms with E-state index in [1.54, 1.807) is 0 Å². The summed E-state index contributed by atoms with van der Waals surface area (Å²) in [4.78, 5) is 0. The summed E-state index contributed by atoms with van der Waals surface area (Å²) in [7, 11) is 0. The maximum absolute atomic E-state index is 6.11. The third-order valence-electron chi connectivity index (χ3n) is 2.33. The van der Waals surface area contributed by atoms with Crippen LogP contribution in [-0.2, 0) is 0 Å². The molecule has 1 rings (SSSR count). The molecule has 0 spiro atoms. The van der Waals surface area contributed by atoms with E-state index < -0.39 is 0 Å². The van der Waals surface area contributed by atoms with Crippen LogP contribution in [-0.4, -0.2) is 0 Å². The summed E-state index contributed by atoms with van der Waals surface area (Å²) in [6.07, 6.45) is 2.28. The Labute approximate surface area is 112 Å². The van der Waals surface area contributed by atoms with Gasteiger partial charge in [0.2, 0.25) is 0 Å². The lowest BCUT2D eigenvalue weighted by molar-refractivity contribution is 0.507. The molecule has 0 radical (unpaired) electrons. The fourth-order valence-corrected chi connectivity index (χ4v) is 1.98. The van der Waals surface area contributed by atoms with Crippen LogP contribution in [0.2, 0.25) is 0 Å². The fraction of sp³-hybridized carbons (Fsp3) is 0.500. The van der Waals surface area contributed by atoms with Gasteiger partial charge in [-0.05, 0) is 59.0 Å². The summed E-state index contributed by atoms with van der Waals surface area (Å²) in [5, 5.41) is 0. The molecule has 0 aliphatic carbocycles. The Balaban J connectivity index is 0.00000196.